The predicted octanol–water partition coefficient (Wildman–Crippen LogP) is 5.63. The first-order chi connectivity index (χ1) is 15.3. The minimum Gasteiger partial charge on any atom is -0.481 e. The summed E-state index contributed by atoms with van der Waals surface area (Å²) >= 11 is 0. The smallest absolute Gasteiger partial charge is 0.310 e. The lowest BCUT2D eigenvalue weighted by atomic mass is 9.37. The third kappa shape index (κ3) is 2.25. The van der Waals surface area contributed by atoms with Crippen molar-refractivity contribution < 1.29 is 19.8 Å². The summed E-state index contributed by atoms with van der Waals surface area (Å²) in [7, 11) is 0. The molecule has 0 unspecified atom stereocenters. The van der Waals surface area contributed by atoms with Crippen LogP contribution in [0, 0.1) is 56.2 Å². The zero-order valence-corrected chi connectivity index (χ0v) is 21.1. The third-order valence-corrected chi connectivity index (χ3v) is 13.2. The summed E-state index contributed by atoms with van der Waals surface area (Å²) in [5.41, 5.74) is -0.902. The van der Waals surface area contributed by atoms with Gasteiger partial charge in [-0.05, 0) is 84.9 Å². The number of aliphatic hydroxyl groups excluding tert-OH is 1. The van der Waals surface area contributed by atoms with Crippen LogP contribution in [0.15, 0.2) is 12.2 Å². The lowest BCUT2D eigenvalue weighted by molar-refractivity contribution is -0.202. The van der Waals surface area contributed by atoms with E-state index >= 15 is 0 Å². The van der Waals surface area contributed by atoms with Gasteiger partial charge in [0, 0.05) is 23.7 Å². The third-order valence-electron chi connectivity index (χ3n) is 13.2. The second-order valence-electron chi connectivity index (χ2n) is 14.3. The van der Waals surface area contributed by atoms with E-state index in [2.05, 4.69) is 46.8 Å². The number of rotatable bonds is 1. The van der Waals surface area contributed by atoms with Crippen molar-refractivity contribution in [3.63, 3.8) is 0 Å². The first-order valence-corrected chi connectivity index (χ1v) is 13.5. The maximum absolute atomic E-state index is 12.8. The van der Waals surface area contributed by atoms with Crippen LogP contribution in [0.2, 0.25) is 0 Å². The Morgan fingerprint density at radius 1 is 1.03 bits per heavy atom. The van der Waals surface area contributed by atoms with E-state index in [1.54, 1.807) is 0 Å². The van der Waals surface area contributed by atoms with Crippen LogP contribution in [-0.2, 0) is 9.59 Å². The Bertz CT molecular complexity index is 967. The molecule has 10 atom stereocenters. The van der Waals surface area contributed by atoms with E-state index in [0.717, 1.165) is 38.5 Å². The lowest BCUT2D eigenvalue weighted by Crippen LogP contribution is -2.64. The molecule has 4 nitrogen and oxygen atoms in total. The normalized spacial score (nSPS) is 58.2. The van der Waals surface area contributed by atoms with E-state index in [0.29, 0.717) is 36.9 Å². The Morgan fingerprint density at radius 3 is 2.42 bits per heavy atom. The Morgan fingerprint density at radius 2 is 1.73 bits per heavy atom. The van der Waals surface area contributed by atoms with Crippen molar-refractivity contribution in [1.82, 2.24) is 0 Å². The second kappa shape index (κ2) is 6.15. The van der Waals surface area contributed by atoms with Crippen molar-refractivity contribution in [1.29, 1.82) is 0 Å². The topological polar surface area (TPSA) is 74.6 Å². The minimum atomic E-state index is -0.796. The molecule has 5 saturated carbocycles. The SMILES string of the molecule is C[C@@H]1C(=O)CC[C@]2(C)[C@H]3C=C[C@]45C[C@]4(CC[C@@]4(C(=O)O)CCC(C)(C)[C@@H](O)[C@H]45)[C@]3(C)CC[C@@H]12. The van der Waals surface area contributed by atoms with Gasteiger partial charge in [0.1, 0.15) is 5.78 Å². The summed E-state index contributed by atoms with van der Waals surface area (Å²) in [6.07, 6.45) is 12.3. The molecule has 0 heterocycles. The number of aliphatic carboxylic acids is 1. The van der Waals surface area contributed by atoms with Gasteiger partial charge in [-0.1, -0.05) is 46.8 Å². The van der Waals surface area contributed by atoms with Crippen molar-refractivity contribution in [3.05, 3.63) is 12.2 Å². The van der Waals surface area contributed by atoms with E-state index in [-0.39, 0.29) is 38.9 Å². The van der Waals surface area contributed by atoms with Crippen molar-refractivity contribution in [3.8, 4) is 0 Å². The molecule has 6 aliphatic rings. The van der Waals surface area contributed by atoms with Crippen LogP contribution in [-0.4, -0.2) is 28.1 Å². The van der Waals surface area contributed by atoms with Crippen molar-refractivity contribution in [2.24, 2.45) is 56.2 Å². The van der Waals surface area contributed by atoms with Crippen molar-refractivity contribution >= 4 is 11.8 Å². The Balaban J connectivity index is 1.48. The first kappa shape index (κ1) is 22.3. The molecule has 182 valence electrons. The maximum atomic E-state index is 12.8. The fourth-order valence-electron chi connectivity index (χ4n) is 11.1. The van der Waals surface area contributed by atoms with Crippen LogP contribution < -0.4 is 0 Å². The highest BCUT2D eigenvalue weighted by atomic mass is 16.4. The average Bonchev–Trinajstić information content (AvgIpc) is 3.45. The van der Waals surface area contributed by atoms with Crippen LogP contribution >= 0.6 is 0 Å². The number of ketones is 1. The van der Waals surface area contributed by atoms with E-state index in [9.17, 15) is 19.8 Å². The van der Waals surface area contributed by atoms with Crippen LogP contribution in [0.3, 0.4) is 0 Å². The van der Waals surface area contributed by atoms with Gasteiger partial charge >= 0.3 is 5.97 Å². The predicted molar refractivity (Wildman–Crippen MR) is 126 cm³/mol. The van der Waals surface area contributed by atoms with Gasteiger partial charge in [0.25, 0.3) is 0 Å². The monoisotopic (exact) mass is 454 g/mol. The van der Waals surface area contributed by atoms with Gasteiger partial charge in [0.05, 0.1) is 11.5 Å². The molecule has 0 aliphatic heterocycles. The molecule has 2 N–H and O–H groups in total. The number of carbonyl (C=O) groups is 2. The number of hydrogen-bond donors (Lipinski definition) is 2. The standard InChI is InChI=1S/C29H42O4/c1-17-18-6-10-26(5)20(25(18,4)9-7-19(17)30)8-11-28-16-29(26,28)15-14-27(23(32)33)13-12-24(2,3)22(31)21(27)28/h8,11,17-18,20-22,31H,6-7,9-10,12-16H2,1-5H3,(H,32,33)/t17-,18-,20+,21+,22-,25-,26+,27-,28+,29+/m0/s1. The molecule has 5 fully saturated rings. The van der Waals surface area contributed by atoms with Crippen LogP contribution in [0.1, 0.15) is 92.4 Å². The highest BCUT2D eigenvalue weighted by molar-refractivity contribution is 5.82. The molecule has 0 aromatic rings. The molecule has 0 radical (unpaired) electrons. The summed E-state index contributed by atoms with van der Waals surface area (Å²) in [5, 5.41) is 22.2. The van der Waals surface area contributed by atoms with E-state index in [4.69, 9.17) is 0 Å². The van der Waals surface area contributed by atoms with Gasteiger partial charge in [0.2, 0.25) is 0 Å². The molecule has 6 aliphatic carbocycles. The van der Waals surface area contributed by atoms with Crippen molar-refractivity contribution in [2.75, 3.05) is 0 Å². The molecule has 4 heteroatoms. The van der Waals surface area contributed by atoms with Crippen LogP contribution in [0.4, 0.5) is 0 Å². The molecule has 6 rings (SSSR count). The maximum Gasteiger partial charge on any atom is 0.310 e. The number of allylic oxidation sites excluding steroid dienone is 2. The molecule has 0 amide bonds. The number of carbonyl (C=O) groups excluding carboxylic acids is 1. The van der Waals surface area contributed by atoms with Gasteiger partial charge in [0.15, 0.2) is 0 Å². The Kier molecular flexibility index (Phi) is 4.16. The largest absolute Gasteiger partial charge is 0.481 e. The van der Waals surface area contributed by atoms with Gasteiger partial charge in [-0.2, -0.15) is 0 Å². The summed E-state index contributed by atoms with van der Waals surface area (Å²) in [6, 6.07) is 0. The number of carboxylic acid groups (broad SMARTS) is 1. The minimum absolute atomic E-state index is 0.0934. The molecular weight excluding hydrogens is 412 g/mol. The first-order valence-electron chi connectivity index (χ1n) is 13.5. The van der Waals surface area contributed by atoms with E-state index in [1.165, 1.54) is 0 Å². The number of carboxylic acids is 1. The van der Waals surface area contributed by atoms with E-state index in [1.807, 2.05) is 0 Å². The fourth-order valence-corrected chi connectivity index (χ4v) is 11.1. The highest BCUT2D eigenvalue weighted by Crippen LogP contribution is 2.89. The van der Waals surface area contributed by atoms with E-state index < -0.39 is 17.5 Å². The fraction of sp³-hybridized carbons (Fsp3) is 0.862. The number of aliphatic hydroxyl groups is 1. The van der Waals surface area contributed by atoms with Gasteiger partial charge in [-0.15, -0.1) is 0 Å². The molecule has 0 saturated heterocycles. The van der Waals surface area contributed by atoms with Crippen LogP contribution in [0.5, 0.6) is 0 Å². The van der Waals surface area contributed by atoms with Gasteiger partial charge < -0.3 is 10.2 Å². The van der Waals surface area contributed by atoms with Gasteiger partial charge in [-0.25, -0.2) is 0 Å². The zero-order chi connectivity index (χ0) is 23.8. The summed E-state index contributed by atoms with van der Waals surface area (Å²) < 4.78 is 0. The second-order valence-corrected chi connectivity index (χ2v) is 14.3. The molecular formula is C29H42O4. The average molecular weight is 455 g/mol. The van der Waals surface area contributed by atoms with Gasteiger partial charge in [-0.3, -0.25) is 9.59 Å². The molecule has 0 spiro atoms. The molecule has 0 aromatic carbocycles. The molecule has 33 heavy (non-hydrogen) atoms. The van der Waals surface area contributed by atoms with Crippen LogP contribution in [0.25, 0.3) is 0 Å². The Labute approximate surface area is 198 Å². The summed E-state index contributed by atoms with van der Waals surface area (Å²) in [6.45, 7) is 11.4. The summed E-state index contributed by atoms with van der Waals surface area (Å²) in [5.74, 6) is 0.582. The highest BCUT2D eigenvalue weighted by Gasteiger charge is 2.85. The zero-order valence-electron chi connectivity index (χ0n) is 21.1. The van der Waals surface area contributed by atoms with Crippen molar-refractivity contribution in [2.45, 2.75) is 98.5 Å². The lowest BCUT2D eigenvalue weighted by Gasteiger charge is -2.66. The molecule has 0 aromatic heterocycles. The quantitative estimate of drug-likeness (QED) is 0.503. The summed E-state index contributed by atoms with van der Waals surface area (Å²) in [4.78, 5) is 25.4. The Hall–Kier alpha value is -1.16. The number of fused-ring (bicyclic) bond motifs is 4. The number of Topliss-reactive ketones (excluding diaryl/α,β-unsaturated/α-hetero) is 1. The number of hydrogen-bond acceptors (Lipinski definition) is 3. The molecule has 0 bridgehead atoms.